The van der Waals surface area contributed by atoms with Crippen LogP contribution in [0, 0.1) is 0 Å². The van der Waals surface area contributed by atoms with Crippen LogP contribution in [0.5, 0.6) is 5.88 Å². The number of carbonyl (C=O) groups excluding carboxylic acids is 1. The SMILES string of the molecule is COc1ncccc1NC(=O)NC1(CO)CCOC1. The Morgan fingerprint density at radius 3 is 3.16 bits per heavy atom. The summed E-state index contributed by atoms with van der Waals surface area (Å²) >= 11 is 0. The van der Waals surface area contributed by atoms with Crippen molar-refractivity contribution in [1.82, 2.24) is 10.3 Å². The van der Waals surface area contributed by atoms with Crippen LogP contribution in [0.25, 0.3) is 0 Å². The molecule has 0 aliphatic carbocycles. The number of hydrogen-bond donors (Lipinski definition) is 3. The van der Waals surface area contributed by atoms with Gasteiger partial charge in [0, 0.05) is 12.8 Å². The number of aliphatic hydroxyl groups excluding tert-OH is 1. The number of aromatic nitrogens is 1. The summed E-state index contributed by atoms with van der Waals surface area (Å²) in [7, 11) is 1.48. The number of methoxy groups -OCH3 is 1. The van der Waals surface area contributed by atoms with Crippen molar-refractivity contribution in [3.8, 4) is 5.88 Å². The van der Waals surface area contributed by atoms with Crippen molar-refractivity contribution in [2.75, 3.05) is 32.2 Å². The van der Waals surface area contributed by atoms with E-state index in [9.17, 15) is 9.90 Å². The Hall–Kier alpha value is -1.86. The summed E-state index contributed by atoms with van der Waals surface area (Å²) in [5.74, 6) is 0.332. The minimum atomic E-state index is -0.709. The molecule has 3 N–H and O–H groups in total. The predicted molar refractivity (Wildman–Crippen MR) is 68.2 cm³/mol. The van der Waals surface area contributed by atoms with E-state index in [1.165, 1.54) is 7.11 Å². The maximum Gasteiger partial charge on any atom is 0.319 e. The van der Waals surface area contributed by atoms with Crippen LogP contribution in [-0.2, 0) is 4.74 Å². The average molecular weight is 267 g/mol. The van der Waals surface area contributed by atoms with Crippen molar-refractivity contribution in [1.29, 1.82) is 0 Å². The summed E-state index contributed by atoms with van der Waals surface area (Å²) in [6.07, 6.45) is 2.16. The highest BCUT2D eigenvalue weighted by Crippen LogP contribution is 2.21. The van der Waals surface area contributed by atoms with Crippen LogP contribution in [0.2, 0.25) is 0 Å². The van der Waals surface area contributed by atoms with Crippen LogP contribution in [0.15, 0.2) is 18.3 Å². The number of nitrogens with one attached hydrogen (secondary N) is 2. The summed E-state index contributed by atoms with van der Waals surface area (Å²) in [5, 5.41) is 14.7. The smallest absolute Gasteiger partial charge is 0.319 e. The quantitative estimate of drug-likeness (QED) is 0.732. The molecule has 1 unspecified atom stereocenters. The second kappa shape index (κ2) is 5.85. The van der Waals surface area contributed by atoms with Gasteiger partial charge in [0.25, 0.3) is 0 Å². The lowest BCUT2D eigenvalue weighted by Crippen LogP contribution is -2.53. The van der Waals surface area contributed by atoms with Gasteiger partial charge in [-0.05, 0) is 18.6 Å². The zero-order valence-corrected chi connectivity index (χ0v) is 10.7. The van der Waals surface area contributed by atoms with Gasteiger partial charge >= 0.3 is 6.03 Å². The van der Waals surface area contributed by atoms with E-state index in [0.29, 0.717) is 31.2 Å². The van der Waals surface area contributed by atoms with Gasteiger partial charge in [0.2, 0.25) is 5.88 Å². The van der Waals surface area contributed by atoms with Crippen molar-refractivity contribution < 1.29 is 19.4 Å². The summed E-state index contributed by atoms with van der Waals surface area (Å²) in [6.45, 7) is 0.669. The third-order valence-corrected chi connectivity index (χ3v) is 3.00. The minimum Gasteiger partial charge on any atom is -0.480 e. The molecule has 19 heavy (non-hydrogen) atoms. The lowest BCUT2D eigenvalue weighted by Gasteiger charge is -2.26. The van der Waals surface area contributed by atoms with Gasteiger partial charge in [-0.3, -0.25) is 0 Å². The van der Waals surface area contributed by atoms with E-state index < -0.39 is 11.6 Å². The minimum absolute atomic E-state index is 0.162. The molecule has 2 heterocycles. The van der Waals surface area contributed by atoms with E-state index >= 15 is 0 Å². The maximum absolute atomic E-state index is 11.9. The van der Waals surface area contributed by atoms with Gasteiger partial charge in [-0.2, -0.15) is 0 Å². The Bertz CT molecular complexity index is 446. The number of aliphatic hydroxyl groups is 1. The van der Waals surface area contributed by atoms with Crippen LogP contribution < -0.4 is 15.4 Å². The molecule has 104 valence electrons. The molecule has 1 fully saturated rings. The molecule has 7 nitrogen and oxygen atoms in total. The van der Waals surface area contributed by atoms with Gasteiger partial charge in [-0.15, -0.1) is 0 Å². The van der Waals surface area contributed by atoms with Gasteiger partial charge in [0.15, 0.2) is 0 Å². The van der Waals surface area contributed by atoms with Crippen LogP contribution in [0.3, 0.4) is 0 Å². The molecule has 1 atom stereocenters. The predicted octanol–water partition coefficient (Wildman–Crippen LogP) is 0.363. The Kier molecular flexibility index (Phi) is 4.18. The number of hydrogen-bond acceptors (Lipinski definition) is 5. The van der Waals surface area contributed by atoms with Crippen LogP contribution >= 0.6 is 0 Å². The highest BCUT2D eigenvalue weighted by molar-refractivity contribution is 5.91. The normalized spacial score (nSPS) is 22.0. The number of rotatable bonds is 4. The third-order valence-electron chi connectivity index (χ3n) is 3.00. The molecule has 1 aromatic heterocycles. The topological polar surface area (TPSA) is 92.7 Å². The zero-order valence-electron chi connectivity index (χ0n) is 10.7. The van der Waals surface area contributed by atoms with Crippen molar-refractivity contribution >= 4 is 11.7 Å². The maximum atomic E-state index is 11.9. The fourth-order valence-electron chi connectivity index (χ4n) is 1.91. The fourth-order valence-corrected chi connectivity index (χ4v) is 1.91. The molecule has 0 radical (unpaired) electrons. The van der Waals surface area contributed by atoms with E-state index in [2.05, 4.69) is 15.6 Å². The number of nitrogens with zero attached hydrogens (tertiary/aromatic N) is 1. The average Bonchev–Trinajstić information content (AvgIpc) is 2.88. The van der Waals surface area contributed by atoms with Gasteiger partial charge in [-0.1, -0.05) is 0 Å². The first-order valence-electron chi connectivity index (χ1n) is 5.96. The molecule has 0 saturated carbocycles. The summed E-state index contributed by atoms with van der Waals surface area (Å²) in [4.78, 5) is 15.9. The molecule has 1 aliphatic heterocycles. The molecule has 0 bridgehead atoms. The van der Waals surface area contributed by atoms with Crippen molar-refractivity contribution in [3.63, 3.8) is 0 Å². The molecular weight excluding hydrogens is 250 g/mol. The number of ether oxygens (including phenoxy) is 2. The first kappa shape index (κ1) is 13.6. The Morgan fingerprint density at radius 2 is 2.53 bits per heavy atom. The molecule has 2 amide bonds. The standard InChI is InChI=1S/C12H17N3O4/c1-18-10-9(3-2-5-13-10)14-11(17)15-12(7-16)4-6-19-8-12/h2-3,5,16H,4,6-8H2,1H3,(H2,14,15,17). The van der Waals surface area contributed by atoms with E-state index in [1.807, 2.05) is 0 Å². The molecule has 2 rings (SSSR count). The van der Waals surface area contributed by atoms with Gasteiger partial charge in [-0.25, -0.2) is 9.78 Å². The number of amides is 2. The number of urea groups is 1. The Morgan fingerprint density at radius 1 is 1.68 bits per heavy atom. The van der Waals surface area contributed by atoms with E-state index in [4.69, 9.17) is 9.47 Å². The van der Waals surface area contributed by atoms with Gasteiger partial charge in [0.1, 0.15) is 5.69 Å². The second-order valence-electron chi connectivity index (χ2n) is 4.38. The number of carbonyl (C=O) groups is 1. The lowest BCUT2D eigenvalue weighted by atomic mass is 10.0. The summed E-state index contributed by atoms with van der Waals surface area (Å²) in [6, 6.07) is 2.95. The van der Waals surface area contributed by atoms with Crippen molar-refractivity contribution in [2.24, 2.45) is 0 Å². The van der Waals surface area contributed by atoms with Crippen LogP contribution in [0.4, 0.5) is 10.5 Å². The van der Waals surface area contributed by atoms with E-state index in [1.54, 1.807) is 18.3 Å². The third kappa shape index (κ3) is 3.12. The van der Waals surface area contributed by atoms with E-state index in [-0.39, 0.29) is 6.61 Å². The first-order chi connectivity index (χ1) is 9.19. The number of pyridine rings is 1. The van der Waals surface area contributed by atoms with Crippen molar-refractivity contribution in [3.05, 3.63) is 18.3 Å². The van der Waals surface area contributed by atoms with Crippen LogP contribution in [0.1, 0.15) is 6.42 Å². The second-order valence-corrected chi connectivity index (χ2v) is 4.38. The summed E-state index contributed by atoms with van der Waals surface area (Å²) in [5.41, 5.74) is -0.242. The molecule has 7 heteroatoms. The highest BCUT2D eigenvalue weighted by atomic mass is 16.5. The lowest BCUT2D eigenvalue weighted by molar-refractivity contribution is 0.126. The van der Waals surface area contributed by atoms with E-state index in [0.717, 1.165) is 0 Å². The Balaban J connectivity index is 2.01. The molecule has 0 aromatic carbocycles. The summed E-state index contributed by atoms with van der Waals surface area (Å²) < 4.78 is 10.2. The highest BCUT2D eigenvalue weighted by Gasteiger charge is 2.36. The number of anilines is 1. The Labute approximate surface area is 110 Å². The largest absolute Gasteiger partial charge is 0.480 e. The first-order valence-corrected chi connectivity index (χ1v) is 5.96. The van der Waals surface area contributed by atoms with Crippen molar-refractivity contribution in [2.45, 2.75) is 12.0 Å². The fraction of sp³-hybridized carbons (Fsp3) is 0.500. The van der Waals surface area contributed by atoms with Gasteiger partial charge < -0.3 is 25.2 Å². The van der Waals surface area contributed by atoms with Gasteiger partial charge in [0.05, 0.1) is 25.9 Å². The van der Waals surface area contributed by atoms with Crippen LogP contribution in [-0.4, -0.2) is 48.6 Å². The molecule has 1 saturated heterocycles. The molecule has 1 aromatic rings. The molecular formula is C12H17N3O4. The molecule has 0 spiro atoms. The zero-order chi connectivity index (χ0) is 13.7. The molecule has 1 aliphatic rings. The monoisotopic (exact) mass is 267 g/mol.